The second kappa shape index (κ2) is 16.4. The minimum atomic E-state index is -3.22. The maximum absolute atomic E-state index is 12.9. The molecule has 0 aliphatic carbocycles. The van der Waals surface area contributed by atoms with Crippen LogP contribution in [-0.4, -0.2) is 56.5 Å². The maximum atomic E-state index is 12.9. The van der Waals surface area contributed by atoms with Crippen LogP contribution in [0.5, 0.6) is 0 Å². The molecule has 1 fully saturated rings. The number of nitrogens with zero attached hydrogens (tertiary/aromatic N) is 1. The van der Waals surface area contributed by atoms with Gasteiger partial charge in [0.15, 0.2) is 9.84 Å². The molecule has 2 N–H and O–H groups in total. The van der Waals surface area contributed by atoms with Gasteiger partial charge in [0.2, 0.25) is 5.91 Å². The van der Waals surface area contributed by atoms with E-state index < -0.39 is 15.2 Å². The highest BCUT2D eigenvalue weighted by molar-refractivity contribution is 7.91. The lowest BCUT2D eigenvalue weighted by molar-refractivity contribution is -0.116. The lowest BCUT2D eigenvalue weighted by Gasteiger charge is -2.41. The fourth-order valence-electron chi connectivity index (χ4n) is 5.55. The molecule has 0 radical (unpaired) electrons. The Balaban J connectivity index is 1.96. The van der Waals surface area contributed by atoms with E-state index in [4.69, 9.17) is 0 Å². The van der Waals surface area contributed by atoms with E-state index in [-0.39, 0.29) is 17.9 Å². The Morgan fingerprint density at radius 1 is 1.06 bits per heavy atom. The summed E-state index contributed by atoms with van der Waals surface area (Å²) in [5.41, 5.74) is 1.95. The summed E-state index contributed by atoms with van der Waals surface area (Å²) < 4.78 is 25.9. The second-order valence-corrected chi connectivity index (χ2v) is 12.9. The van der Waals surface area contributed by atoms with Crippen molar-refractivity contribution in [1.82, 2.24) is 10.2 Å². The van der Waals surface area contributed by atoms with Crippen molar-refractivity contribution in [3.8, 4) is 0 Å². The number of unbranched alkanes of at least 4 members (excludes halogenated alkanes) is 6. The van der Waals surface area contributed by atoms with Gasteiger partial charge >= 0.3 is 0 Å². The van der Waals surface area contributed by atoms with E-state index in [9.17, 15) is 13.2 Å². The molecule has 1 heterocycles. The number of piperidine rings is 1. The molecular weight excluding hydrogens is 470 g/mol. The summed E-state index contributed by atoms with van der Waals surface area (Å²) in [5.74, 6) is 0.233. The highest BCUT2D eigenvalue weighted by Gasteiger charge is 2.37. The third-order valence-electron chi connectivity index (χ3n) is 7.35. The number of anilines is 1. The van der Waals surface area contributed by atoms with Crippen molar-refractivity contribution < 1.29 is 13.2 Å². The summed E-state index contributed by atoms with van der Waals surface area (Å²) in [4.78, 5) is 14.7. The number of rotatable bonds is 17. The minimum absolute atomic E-state index is 0.0735. The molecule has 0 aromatic heterocycles. The number of carbonyl (C=O) groups excluding carboxylic acids is 1. The van der Waals surface area contributed by atoms with Crippen LogP contribution in [0.25, 0.3) is 0 Å². The van der Waals surface area contributed by atoms with Gasteiger partial charge < -0.3 is 10.6 Å². The molecule has 1 aliphatic heterocycles. The normalized spacial score (nSPS) is 16.7. The van der Waals surface area contributed by atoms with E-state index in [1.54, 1.807) is 0 Å². The number of carbonyl (C=O) groups is 1. The number of hydrogen-bond acceptors (Lipinski definition) is 5. The van der Waals surface area contributed by atoms with Crippen molar-refractivity contribution in [3.63, 3.8) is 0 Å². The number of amides is 1. The zero-order chi connectivity index (χ0) is 26.4. The lowest BCUT2D eigenvalue weighted by Crippen LogP contribution is -2.52. The molecule has 2 unspecified atom stereocenters. The predicted octanol–water partition coefficient (Wildman–Crippen LogP) is 5.78. The molecule has 1 aromatic rings. The Hall–Kier alpha value is -1.44. The van der Waals surface area contributed by atoms with Crippen LogP contribution in [0.15, 0.2) is 24.3 Å². The summed E-state index contributed by atoms with van der Waals surface area (Å²) in [6.45, 7) is 9.00. The summed E-state index contributed by atoms with van der Waals surface area (Å²) in [5, 5.41) is 5.98. The zero-order valence-electron chi connectivity index (χ0n) is 23.2. The summed E-state index contributed by atoms with van der Waals surface area (Å²) >= 11 is 0. The number of nitrogens with one attached hydrogen (secondary N) is 2. The SMILES string of the molecule is CCCCCCCCCC(=O)Nc1cccc(CC(C)N(CCC)C(C2CCNCC2)S(C)(=O)=O)c1. The van der Waals surface area contributed by atoms with E-state index in [1.807, 2.05) is 18.2 Å². The Labute approximate surface area is 220 Å². The quantitative estimate of drug-likeness (QED) is 0.254. The molecule has 2 rings (SSSR count). The molecule has 1 aromatic carbocycles. The first-order valence-corrected chi connectivity index (χ1v) is 16.3. The first-order valence-electron chi connectivity index (χ1n) is 14.3. The highest BCUT2D eigenvalue weighted by atomic mass is 32.2. The summed E-state index contributed by atoms with van der Waals surface area (Å²) in [6, 6.07) is 8.12. The lowest BCUT2D eigenvalue weighted by atomic mass is 9.95. The fraction of sp³-hybridized carbons (Fsp3) is 0.759. The van der Waals surface area contributed by atoms with Crippen molar-refractivity contribution in [1.29, 1.82) is 0 Å². The Kier molecular flexibility index (Phi) is 14.0. The number of hydrogen-bond donors (Lipinski definition) is 2. The smallest absolute Gasteiger partial charge is 0.224 e. The van der Waals surface area contributed by atoms with Crippen molar-refractivity contribution in [2.75, 3.05) is 31.2 Å². The van der Waals surface area contributed by atoms with E-state index in [0.29, 0.717) is 6.42 Å². The van der Waals surface area contributed by atoms with Crippen molar-refractivity contribution in [2.45, 2.75) is 109 Å². The summed E-state index contributed by atoms with van der Waals surface area (Å²) in [6.07, 6.45) is 13.8. The van der Waals surface area contributed by atoms with E-state index in [1.165, 1.54) is 38.4 Å². The average molecular weight is 522 g/mol. The van der Waals surface area contributed by atoms with Crippen LogP contribution in [0.4, 0.5) is 5.69 Å². The van der Waals surface area contributed by atoms with Crippen LogP contribution in [-0.2, 0) is 21.1 Å². The first-order chi connectivity index (χ1) is 17.3. The van der Waals surface area contributed by atoms with Gasteiger partial charge in [0.1, 0.15) is 5.37 Å². The first kappa shape index (κ1) is 30.8. The third kappa shape index (κ3) is 10.9. The third-order valence-corrected chi connectivity index (χ3v) is 8.88. The van der Waals surface area contributed by atoms with Gasteiger partial charge in [-0.25, -0.2) is 8.42 Å². The molecule has 0 bridgehead atoms. The van der Waals surface area contributed by atoms with Crippen LogP contribution in [0.2, 0.25) is 0 Å². The molecule has 6 nitrogen and oxygen atoms in total. The largest absolute Gasteiger partial charge is 0.326 e. The highest BCUT2D eigenvalue weighted by Crippen LogP contribution is 2.28. The molecular formula is C29H51N3O3S. The van der Waals surface area contributed by atoms with Crippen LogP contribution >= 0.6 is 0 Å². The fourth-order valence-corrected chi connectivity index (χ4v) is 7.33. The predicted molar refractivity (Wildman–Crippen MR) is 152 cm³/mol. The number of sulfone groups is 1. The van der Waals surface area contributed by atoms with Crippen LogP contribution in [0.1, 0.15) is 97.0 Å². The molecule has 0 saturated carbocycles. The van der Waals surface area contributed by atoms with Gasteiger partial charge in [0.25, 0.3) is 0 Å². The topological polar surface area (TPSA) is 78.5 Å². The molecule has 0 spiro atoms. The molecule has 1 amide bonds. The Morgan fingerprint density at radius 3 is 2.36 bits per heavy atom. The van der Waals surface area contributed by atoms with E-state index in [2.05, 4.69) is 42.4 Å². The van der Waals surface area contributed by atoms with Crippen LogP contribution in [0, 0.1) is 5.92 Å². The molecule has 7 heteroatoms. The second-order valence-electron chi connectivity index (χ2n) is 10.7. The minimum Gasteiger partial charge on any atom is -0.326 e. The van der Waals surface area contributed by atoms with Crippen molar-refractivity contribution in [3.05, 3.63) is 29.8 Å². The Morgan fingerprint density at radius 2 is 1.72 bits per heavy atom. The van der Waals surface area contributed by atoms with Gasteiger partial charge in [-0.1, -0.05) is 64.5 Å². The van der Waals surface area contributed by atoms with Crippen LogP contribution in [0.3, 0.4) is 0 Å². The molecule has 2 atom stereocenters. The molecule has 1 saturated heterocycles. The van der Waals surface area contributed by atoms with Gasteiger partial charge in [0.05, 0.1) is 0 Å². The van der Waals surface area contributed by atoms with Gasteiger partial charge in [0, 0.05) is 24.4 Å². The van der Waals surface area contributed by atoms with E-state index in [0.717, 1.165) is 69.4 Å². The van der Waals surface area contributed by atoms with Crippen LogP contribution < -0.4 is 10.6 Å². The Bertz CT molecular complexity index is 868. The van der Waals surface area contributed by atoms with Gasteiger partial charge in [-0.15, -0.1) is 0 Å². The van der Waals surface area contributed by atoms with Crippen molar-refractivity contribution in [2.24, 2.45) is 5.92 Å². The van der Waals surface area contributed by atoms with Gasteiger partial charge in [-0.2, -0.15) is 0 Å². The number of benzene rings is 1. The molecule has 36 heavy (non-hydrogen) atoms. The van der Waals surface area contributed by atoms with Gasteiger partial charge in [-0.05, 0) is 82.3 Å². The van der Waals surface area contributed by atoms with E-state index >= 15 is 0 Å². The van der Waals surface area contributed by atoms with Gasteiger partial charge in [-0.3, -0.25) is 9.69 Å². The van der Waals surface area contributed by atoms with Crippen molar-refractivity contribution >= 4 is 21.4 Å². The molecule has 1 aliphatic rings. The monoisotopic (exact) mass is 521 g/mol. The maximum Gasteiger partial charge on any atom is 0.224 e. The zero-order valence-corrected chi connectivity index (χ0v) is 24.0. The average Bonchev–Trinajstić information content (AvgIpc) is 2.83. The molecule has 206 valence electrons. The summed E-state index contributed by atoms with van der Waals surface area (Å²) in [7, 11) is -3.22. The standard InChI is InChI=1S/C29H51N3O3S/c1-5-7-8-9-10-11-12-16-28(33)31-27-15-13-14-25(23-27)22-24(3)32(21-6-2)29(36(4,34)35)26-17-19-30-20-18-26/h13-15,23-24,26,29-30H,5-12,16-22H2,1-4H3,(H,31,33).